The minimum Gasteiger partial charge on any atom is -0.334 e. The van der Waals surface area contributed by atoms with Gasteiger partial charge in [0.15, 0.2) is 0 Å². The van der Waals surface area contributed by atoms with E-state index in [1.54, 1.807) is 0 Å². The number of aryl methyl sites for hydroxylation is 2. The summed E-state index contributed by atoms with van der Waals surface area (Å²) in [7, 11) is 0. The van der Waals surface area contributed by atoms with Crippen LogP contribution in [0.4, 0.5) is 10.1 Å². The van der Waals surface area contributed by atoms with Crippen molar-refractivity contribution in [1.29, 1.82) is 0 Å². The second-order valence-electron chi connectivity index (χ2n) is 6.06. The Hall–Kier alpha value is -3.10. The first-order valence-corrected chi connectivity index (χ1v) is 10.3. The predicted molar refractivity (Wildman–Crippen MR) is 118 cm³/mol. The Bertz CT molecular complexity index is 1350. The highest BCUT2D eigenvalue weighted by Crippen LogP contribution is 2.22. The van der Waals surface area contributed by atoms with Crippen molar-refractivity contribution in [2.45, 2.75) is 19.0 Å². The second-order valence-corrected chi connectivity index (χ2v) is 7.79. The van der Waals surface area contributed by atoms with Gasteiger partial charge < -0.3 is 5.84 Å². The topological polar surface area (TPSA) is 149 Å². The lowest BCUT2D eigenvalue weighted by atomic mass is 10.3. The lowest BCUT2D eigenvalue weighted by Crippen LogP contribution is -2.37. The Balaban J connectivity index is 1.99. The number of amidine groups is 1. The molecular formula is C16H15ClFN9O2S2. The third kappa shape index (κ3) is 5.15. The molecule has 162 valence electrons. The summed E-state index contributed by atoms with van der Waals surface area (Å²) in [6, 6.07) is 3.87. The van der Waals surface area contributed by atoms with Crippen LogP contribution in [0.15, 0.2) is 37.9 Å². The van der Waals surface area contributed by atoms with Gasteiger partial charge in [0, 0.05) is 0 Å². The Kier molecular flexibility index (Phi) is 6.82. The number of aliphatic imine (C=N–C) groups is 1. The zero-order valence-electron chi connectivity index (χ0n) is 16.1. The summed E-state index contributed by atoms with van der Waals surface area (Å²) >= 11 is 12.0. The summed E-state index contributed by atoms with van der Waals surface area (Å²) in [6.45, 7) is 2.99. The fourth-order valence-corrected chi connectivity index (χ4v) is 3.28. The van der Waals surface area contributed by atoms with E-state index in [0.717, 1.165) is 27.2 Å². The average Bonchev–Trinajstić information content (AvgIpc) is 2.74. The first-order valence-electron chi connectivity index (χ1n) is 8.49. The molecule has 0 radical (unpaired) electrons. The van der Waals surface area contributed by atoms with Crippen molar-refractivity contribution in [2.75, 3.05) is 17.0 Å². The van der Waals surface area contributed by atoms with Crippen molar-refractivity contribution >= 4 is 47.1 Å². The van der Waals surface area contributed by atoms with Crippen molar-refractivity contribution in [3.05, 3.63) is 65.9 Å². The molecular weight excluding hydrogens is 469 g/mol. The molecule has 1 aromatic carbocycles. The lowest BCUT2D eigenvalue weighted by Gasteiger charge is -2.13. The van der Waals surface area contributed by atoms with E-state index >= 15 is 0 Å². The zero-order chi connectivity index (χ0) is 22.7. The van der Waals surface area contributed by atoms with Gasteiger partial charge in [0.05, 0.1) is 16.5 Å². The first kappa shape index (κ1) is 22.6. The summed E-state index contributed by atoms with van der Waals surface area (Å²) in [4.78, 5) is 28.8. The molecule has 0 amide bonds. The number of hydrogen-bond donors (Lipinski definition) is 3. The normalized spacial score (nSPS) is 11.5. The number of benzene rings is 1. The largest absolute Gasteiger partial charge is 0.334 e. The van der Waals surface area contributed by atoms with Crippen LogP contribution in [-0.2, 0) is 0 Å². The first-order chi connectivity index (χ1) is 14.7. The van der Waals surface area contributed by atoms with Crippen molar-refractivity contribution in [2.24, 2.45) is 4.99 Å². The number of hydrogen-bond acceptors (Lipinski definition) is 9. The molecule has 0 spiro atoms. The molecule has 3 aromatic rings. The number of nitrogens with two attached hydrogens (primary N) is 1. The van der Waals surface area contributed by atoms with Gasteiger partial charge in [-0.05, 0) is 44.3 Å². The molecule has 0 aliphatic heterocycles. The van der Waals surface area contributed by atoms with E-state index in [9.17, 15) is 14.0 Å². The van der Waals surface area contributed by atoms with Crippen LogP contribution in [0.25, 0.3) is 0 Å². The molecule has 0 aliphatic rings. The van der Waals surface area contributed by atoms with Crippen molar-refractivity contribution in [3.8, 4) is 0 Å². The third-order valence-electron chi connectivity index (χ3n) is 3.80. The smallest absolute Gasteiger partial charge is 0.294 e. The van der Waals surface area contributed by atoms with Crippen LogP contribution in [0.1, 0.15) is 11.4 Å². The van der Waals surface area contributed by atoms with Gasteiger partial charge in [-0.3, -0.25) is 20.1 Å². The quantitative estimate of drug-likeness (QED) is 0.161. The Morgan fingerprint density at radius 2 is 2.06 bits per heavy atom. The number of rotatable bonds is 5. The SMILES string of the molecule is Cc1nnc(SCC(=Nc2ccc(F)c(Cl)c2)Nn2c(=S)[nH]nc(C)c2=O)n(N)c1=O. The Morgan fingerprint density at radius 3 is 2.77 bits per heavy atom. The fraction of sp³-hybridized carbons (Fsp3) is 0.188. The van der Waals surface area contributed by atoms with E-state index in [-0.39, 0.29) is 37.9 Å². The maximum atomic E-state index is 13.5. The molecule has 2 heterocycles. The zero-order valence-corrected chi connectivity index (χ0v) is 18.5. The summed E-state index contributed by atoms with van der Waals surface area (Å²) < 4.78 is 15.4. The highest BCUT2D eigenvalue weighted by Gasteiger charge is 2.12. The van der Waals surface area contributed by atoms with E-state index < -0.39 is 16.9 Å². The van der Waals surface area contributed by atoms with E-state index in [2.05, 4.69) is 30.8 Å². The maximum Gasteiger partial charge on any atom is 0.294 e. The van der Waals surface area contributed by atoms with Crippen LogP contribution >= 0.6 is 35.6 Å². The van der Waals surface area contributed by atoms with Crippen LogP contribution < -0.4 is 22.4 Å². The van der Waals surface area contributed by atoms with Gasteiger partial charge >= 0.3 is 0 Å². The van der Waals surface area contributed by atoms with E-state index in [1.807, 2.05) is 0 Å². The number of aromatic nitrogens is 6. The van der Waals surface area contributed by atoms with Crippen LogP contribution in [0, 0.1) is 24.4 Å². The van der Waals surface area contributed by atoms with E-state index in [0.29, 0.717) is 5.69 Å². The molecule has 11 nitrogen and oxygen atoms in total. The van der Waals surface area contributed by atoms with Crippen LogP contribution in [-0.4, -0.2) is 41.3 Å². The number of nitrogen functional groups attached to an aromatic ring is 1. The summed E-state index contributed by atoms with van der Waals surface area (Å²) in [6.07, 6.45) is 0. The van der Waals surface area contributed by atoms with E-state index in [4.69, 9.17) is 29.7 Å². The molecule has 0 saturated carbocycles. The molecule has 0 fully saturated rings. The fourth-order valence-electron chi connectivity index (χ4n) is 2.22. The number of aromatic amines is 1. The average molecular weight is 484 g/mol. The van der Waals surface area contributed by atoms with Crippen molar-refractivity contribution < 1.29 is 4.39 Å². The molecule has 0 atom stereocenters. The molecule has 0 saturated heterocycles. The van der Waals surface area contributed by atoms with Gasteiger partial charge in [0.2, 0.25) is 9.93 Å². The Morgan fingerprint density at radius 1 is 1.32 bits per heavy atom. The number of thioether (sulfide) groups is 1. The van der Waals surface area contributed by atoms with Gasteiger partial charge in [-0.1, -0.05) is 23.4 Å². The van der Waals surface area contributed by atoms with Crippen molar-refractivity contribution in [1.82, 2.24) is 29.7 Å². The highest BCUT2D eigenvalue weighted by atomic mass is 35.5. The lowest BCUT2D eigenvalue weighted by molar-refractivity contribution is 0.628. The summed E-state index contributed by atoms with van der Waals surface area (Å²) in [5, 5.41) is 14.0. The number of nitrogens with one attached hydrogen (secondary N) is 2. The number of nitrogens with zero attached hydrogens (tertiary/aromatic N) is 6. The predicted octanol–water partition coefficient (Wildman–Crippen LogP) is 1.44. The summed E-state index contributed by atoms with van der Waals surface area (Å²) in [5.74, 6) is 5.42. The second kappa shape index (κ2) is 9.36. The molecule has 0 unspecified atom stereocenters. The molecule has 31 heavy (non-hydrogen) atoms. The minimum absolute atomic E-state index is 0.00343. The number of H-pyrrole nitrogens is 1. The standard InChI is InChI=1S/C16H15ClFN9O2S2/c1-7-13(28)26(19)16(24-22-7)31-6-12(20-9-3-4-11(18)10(17)5-9)25-27-14(29)8(2)21-23-15(27)30/h3-5H,6,19H2,1-2H3,(H,20,25)(H,23,30). The monoisotopic (exact) mass is 483 g/mol. The number of halogens is 2. The van der Waals surface area contributed by atoms with Crippen LogP contribution in [0.2, 0.25) is 5.02 Å². The molecule has 0 bridgehead atoms. The van der Waals surface area contributed by atoms with Gasteiger partial charge in [0.25, 0.3) is 11.1 Å². The van der Waals surface area contributed by atoms with Gasteiger partial charge in [-0.15, -0.1) is 10.2 Å². The minimum atomic E-state index is -0.602. The van der Waals surface area contributed by atoms with Crippen molar-refractivity contribution in [3.63, 3.8) is 0 Å². The van der Waals surface area contributed by atoms with Gasteiger partial charge in [-0.2, -0.15) is 14.5 Å². The molecule has 15 heteroatoms. The summed E-state index contributed by atoms with van der Waals surface area (Å²) in [5.41, 5.74) is 2.42. The third-order valence-corrected chi connectivity index (χ3v) is 5.32. The van der Waals surface area contributed by atoms with Gasteiger partial charge in [-0.25, -0.2) is 9.38 Å². The molecule has 3 rings (SSSR count). The molecule has 2 aromatic heterocycles. The molecule has 4 N–H and O–H groups in total. The maximum absolute atomic E-state index is 13.5. The van der Waals surface area contributed by atoms with Crippen LogP contribution in [0.3, 0.4) is 0 Å². The Labute approximate surface area is 188 Å². The van der Waals surface area contributed by atoms with E-state index in [1.165, 1.54) is 26.0 Å². The molecule has 0 aliphatic carbocycles. The highest BCUT2D eigenvalue weighted by molar-refractivity contribution is 7.99. The van der Waals surface area contributed by atoms with Crippen LogP contribution in [0.5, 0.6) is 0 Å². The van der Waals surface area contributed by atoms with Gasteiger partial charge in [0.1, 0.15) is 23.0 Å².